The minimum Gasteiger partial charge on any atom is -0.399 e. The molecule has 1 atom stereocenters. The minimum atomic E-state index is -0.739. The van der Waals surface area contributed by atoms with E-state index in [0.29, 0.717) is 23.1 Å². The monoisotopic (exact) mass is 274 g/mol. The standard InChI is InChI=1S/C14H18N4O2/c1-8(19)14-17-11-6-9(15)2-5-12(11)18(14)7-13(20)16-10-3-4-10/h2,5-6,8,10,19H,3-4,7,15H2,1H3,(H,16,20). The molecule has 4 N–H and O–H groups in total. The summed E-state index contributed by atoms with van der Waals surface area (Å²) < 4.78 is 1.75. The fourth-order valence-electron chi connectivity index (χ4n) is 2.30. The number of fused-ring (bicyclic) bond motifs is 1. The van der Waals surface area contributed by atoms with Crippen molar-refractivity contribution in [3.8, 4) is 0 Å². The topological polar surface area (TPSA) is 93.2 Å². The second-order valence-corrected chi connectivity index (χ2v) is 5.32. The second kappa shape index (κ2) is 4.79. The van der Waals surface area contributed by atoms with Crippen molar-refractivity contribution in [2.24, 2.45) is 0 Å². The number of nitrogens with zero attached hydrogens (tertiary/aromatic N) is 2. The van der Waals surface area contributed by atoms with Gasteiger partial charge in [-0.1, -0.05) is 0 Å². The number of hydrogen-bond acceptors (Lipinski definition) is 4. The van der Waals surface area contributed by atoms with Crippen molar-refractivity contribution < 1.29 is 9.90 Å². The van der Waals surface area contributed by atoms with Gasteiger partial charge >= 0.3 is 0 Å². The number of carbonyl (C=O) groups is 1. The highest BCUT2D eigenvalue weighted by Gasteiger charge is 2.24. The van der Waals surface area contributed by atoms with Gasteiger partial charge < -0.3 is 20.7 Å². The van der Waals surface area contributed by atoms with Crippen LogP contribution in [0.5, 0.6) is 0 Å². The van der Waals surface area contributed by atoms with Crippen LogP contribution in [0.2, 0.25) is 0 Å². The summed E-state index contributed by atoms with van der Waals surface area (Å²) >= 11 is 0. The van der Waals surface area contributed by atoms with Crippen LogP contribution in [0.4, 0.5) is 5.69 Å². The average Bonchev–Trinajstić information content (AvgIpc) is 3.11. The van der Waals surface area contributed by atoms with Gasteiger partial charge in [-0.05, 0) is 38.0 Å². The first kappa shape index (κ1) is 12.9. The molecule has 1 heterocycles. The summed E-state index contributed by atoms with van der Waals surface area (Å²) in [5, 5.41) is 12.8. The van der Waals surface area contributed by atoms with Gasteiger partial charge in [0.2, 0.25) is 5.91 Å². The molecule has 6 nitrogen and oxygen atoms in total. The molecule has 3 rings (SSSR count). The van der Waals surface area contributed by atoms with Gasteiger partial charge in [0.1, 0.15) is 18.5 Å². The third-order valence-electron chi connectivity index (χ3n) is 3.42. The van der Waals surface area contributed by atoms with E-state index in [9.17, 15) is 9.90 Å². The van der Waals surface area contributed by atoms with Crippen LogP contribution in [-0.2, 0) is 11.3 Å². The zero-order chi connectivity index (χ0) is 14.3. The largest absolute Gasteiger partial charge is 0.399 e. The summed E-state index contributed by atoms with van der Waals surface area (Å²) in [5.74, 6) is 0.432. The van der Waals surface area contributed by atoms with Gasteiger partial charge in [0.05, 0.1) is 11.0 Å². The lowest BCUT2D eigenvalue weighted by molar-refractivity contribution is -0.121. The van der Waals surface area contributed by atoms with Crippen molar-refractivity contribution in [3.63, 3.8) is 0 Å². The number of aliphatic hydroxyl groups is 1. The number of imidazole rings is 1. The maximum atomic E-state index is 12.0. The normalized spacial score (nSPS) is 16.3. The number of hydrogen-bond donors (Lipinski definition) is 3. The van der Waals surface area contributed by atoms with Gasteiger partial charge in [0.15, 0.2) is 0 Å². The predicted molar refractivity (Wildman–Crippen MR) is 75.9 cm³/mol. The number of anilines is 1. The molecule has 0 radical (unpaired) electrons. The number of rotatable bonds is 4. The summed E-state index contributed by atoms with van der Waals surface area (Å²) in [6, 6.07) is 5.67. The molecule has 0 aliphatic heterocycles. The summed E-state index contributed by atoms with van der Waals surface area (Å²) in [5.41, 5.74) is 7.86. The molecule has 20 heavy (non-hydrogen) atoms. The van der Waals surface area contributed by atoms with E-state index in [1.807, 2.05) is 6.07 Å². The number of benzene rings is 1. The van der Waals surface area contributed by atoms with Crippen molar-refractivity contribution in [2.75, 3.05) is 5.73 Å². The third kappa shape index (κ3) is 2.46. The maximum absolute atomic E-state index is 12.0. The molecule has 1 aromatic heterocycles. The number of nitrogens with two attached hydrogens (primary N) is 1. The minimum absolute atomic E-state index is 0.0504. The summed E-state index contributed by atoms with van der Waals surface area (Å²) in [7, 11) is 0. The summed E-state index contributed by atoms with van der Waals surface area (Å²) in [6.45, 7) is 1.80. The molecular weight excluding hydrogens is 256 g/mol. The highest BCUT2D eigenvalue weighted by atomic mass is 16.3. The first-order valence-corrected chi connectivity index (χ1v) is 6.77. The number of carbonyl (C=O) groups excluding carboxylic acids is 1. The van der Waals surface area contributed by atoms with Crippen LogP contribution in [0.1, 0.15) is 31.7 Å². The Balaban J connectivity index is 1.97. The van der Waals surface area contributed by atoms with Crippen LogP contribution in [-0.4, -0.2) is 26.6 Å². The van der Waals surface area contributed by atoms with E-state index in [1.165, 1.54) is 0 Å². The molecule has 1 aliphatic carbocycles. The molecule has 1 fully saturated rings. The van der Waals surface area contributed by atoms with Crippen LogP contribution in [0, 0.1) is 0 Å². The van der Waals surface area contributed by atoms with E-state index in [1.54, 1.807) is 23.6 Å². The first-order valence-electron chi connectivity index (χ1n) is 6.77. The molecule has 1 saturated carbocycles. The van der Waals surface area contributed by atoms with Gasteiger partial charge in [-0.3, -0.25) is 4.79 Å². The number of amides is 1. The molecule has 1 aromatic carbocycles. The van der Waals surface area contributed by atoms with Crippen molar-refractivity contribution in [3.05, 3.63) is 24.0 Å². The number of nitrogens with one attached hydrogen (secondary N) is 1. The first-order chi connectivity index (χ1) is 9.54. The van der Waals surface area contributed by atoms with Gasteiger partial charge in [-0.15, -0.1) is 0 Å². The molecule has 1 aliphatic rings. The van der Waals surface area contributed by atoms with Crippen LogP contribution in [0.25, 0.3) is 11.0 Å². The number of aliphatic hydroxyl groups excluding tert-OH is 1. The Morgan fingerprint density at radius 1 is 1.60 bits per heavy atom. The van der Waals surface area contributed by atoms with Crippen LogP contribution in [0.15, 0.2) is 18.2 Å². The van der Waals surface area contributed by atoms with Crippen molar-refractivity contribution in [2.45, 2.75) is 38.5 Å². The molecule has 1 amide bonds. The molecule has 1 unspecified atom stereocenters. The maximum Gasteiger partial charge on any atom is 0.240 e. The molecule has 0 saturated heterocycles. The van der Waals surface area contributed by atoms with Crippen LogP contribution < -0.4 is 11.1 Å². The van der Waals surface area contributed by atoms with Gasteiger partial charge in [-0.25, -0.2) is 4.98 Å². The van der Waals surface area contributed by atoms with E-state index >= 15 is 0 Å². The fourth-order valence-corrected chi connectivity index (χ4v) is 2.30. The Morgan fingerprint density at radius 2 is 2.35 bits per heavy atom. The predicted octanol–water partition coefficient (Wildman–Crippen LogP) is 0.950. The average molecular weight is 274 g/mol. The van der Waals surface area contributed by atoms with Gasteiger partial charge in [0, 0.05) is 11.7 Å². The number of nitrogen functional groups attached to an aromatic ring is 1. The Morgan fingerprint density at radius 3 is 3.00 bits per heavy atom. The van der Waals surface area contributed by atoms with E-state index < -0.39 is 6.10 Å². The molecular formula is C14H18N4O2. The Hall–Kier alpha value is -2.08. The van der Waals surface area contributed by atoms with E-state index in [-0.39, 0.29) is 12.5 Å². The van der Waals surface area contributed by atoms with E-state index in [4.69, 9.17) is 5.73 Å². The van der Waals surface area contributed by atoms with Crippen molar-refractivity contribution in [1.82, 2.24) is 14.9 Å². The zero-order valence-electron chi connectivity index (χ0n) is 11.3. The quantitative estimate of drug-likeness (QED) is 0.724. The van der Waals surface area contributed by atoms with E-state index in [2.05, 4.69) is 10.3 Å². The molecule has 106 valence electrons. The Kier molecular flexibility index (Phi) is 3.10. The van der Waals surface area contributed by atoms with Crippen LogP contribution >= 0.6 is 0 Å². The Labute approximate surface area is 116 Å². The smallest absolute Gasteiger partial charge is 0.240 e. The van der Waals surface area contributed by atoms with Crippen LogP contribution in [0.3, 0.4) is 0 Å². The second-order valence-electron chi connectivity index (χ2n) is 5.32. The van der Waals surface area contributed by atoms with Gasteiger partial charge in [0.25, 0.3) is 0 Å². The van der Waals surface area contributed by atoms with E-state index in [0.717, 1.165) is 18.4 Å². The Bertz CT molecular complexity index is 658. The lowest BCUT2D eigenvalue weighted by atomic mass is 10.3. The molecule has 6 heteroatoms. The highest BCUT2D eigenvalue weighted by Crippen LogP contribution is 2.23. The summed E-state index contributed by atoms with van der Waals surface area (Å²) in [6.07, 6.45) is 1.37. The highest BCUT2D eigenvalue weighted by molar-refractivity contribution is 5.83. The number of aromatic nitrogens is 2. The van der Waals surface area contributed by atoms with Crippen molar-refractivity contribution >= 4 is 22.6 Å². The SMILES string of the molecule is CC(O)c1nc2cc(N)ccc2n1CC(=O)NC1CC1. The lowest BCUT2D eigenvalue weighted by Crippen LogP contribution is -2.30. The van der Waals surface area contributed by atoms with Crippen molar-refractivity contribution in [1.29, 1.82) is 0 Å². The molecule has 2 aromatic rings. The third-order valence-corrected chi connectivity index (χ3v) is 3.42. The summed E-state index contributed by atoms with van der Waals surface area (Å²) in [4.78, 5) is 16.4. The lowest BCUT2D eigenvalue weighted by Gasteiger charge is -2.11. The zero-order valence-corrected chi connectivity index (χ0v) is 11.3. The molecule has 0 spiro atoms. The van der Waals surface area contributed by atoms with Gasteiger partial charge in [-0.2, -0.15) is 0 Å². The molecule has 0 bridgehead atoms. The fraction of sp³-hybridized carbons (Fsp3) is 0.429.